The highest BCUT2D eigenvalue weighted by atomic mass is 19.1. The minimum absolute atomic E-state index is 0.104. The third-order valence-corrected chi connectivity index (χ3v) is 6.92. The van der Waals surface area contributed by atoms with Crippen LogP contribution in [0.2, 0.25) is 0 Å². The number of aromatic hydroxyl groups is 2. The van der Waals surface area contributed by atoms with E-state index in [1.165, 1.54) is 12.1 Å². The van der Waals surface area contributed by atoms with Crippen LogP contribution < -0.4 is 9.47 Å². The number of benzene rings is 3. The third kappa shape index (κ3) is 5.02. The summed E-state index contributed by atoms with van der Waals surface area (Å²) >= 11 is 0. The van der Waals surface area contributed by atoms with E-state index in [1.54, 1.807) is 18.2 Å². The Morgan fingerprint density at radius 3 is 2.56 bits per heavy atom. The van der Waals surface area contributed by atoms with Crippen molar-refractivity contribution < 1.29 is 28.5 Å². The second-order valence-electron chi connectivity index (χ2n) is 9.44. The fraction of sp³-hybridized carbons (Fsp3) is 0.310. The molecule has 0 aromatic heterocycles. The van der Waals surface area contributed by atoms with E-state index < -0.39 is 11.9 Å². The molecule has 0 amide bonds. The third-order valence-electron chi connectivity index (χ3n) is 6.92. The van der Waals surface area contributed by atoms with Gasteiger partial charge in [0.15, 0.2) is 0 Å². The molecule has 3 aromatic carbocycles. The van der Waals surface area contributed by atoms with Crippen molar-refractivity contribution in [3.8, 4) is 23.0 Å². The number of halogens is 2. The Morgan fingerprint density at radius 2 is 1.83 bits per heavy atom. The van der Waals surface area contributed by atoms with Crippen LogP contribution in [0.1, 0.15) is 36.1 Å². The summed E-state index contributed by atoms with van der Waals surface area (Å²) in [5, 5.41) is 20.1. The number of alkyl halides is 1. The normalized spacial score (nSPS) is 19.8. The molecule has 7 heteroatoms. The quantitative estimate of drug-likeness (QED) is 0.425. The molecule has 0 spiro atoms. The van der Waals surface area contributed by atoms with Gasteiger partial charge in [-0.3, -0.25) is 9.29 Å². The van der Waals surface area contributed by atoms with Gasteiger partial charge >= 0.3 is 0 Å². The molecule has 0 bridgehead atoms. The highest BCUT2D eigenvalue weighted by Crippen LogP contribution is 2.47. The fourth-order valence-electron chi connectivity index (χ4n) is 5.05. The van der Waals surface area contributed by atoms with Gasteiger partial charge in [0, 0.05) is 36.2 Å². The van der Waals surface area contributed by atoms with Gasteiger partial charge in [0.1, 0.15) is 41.5 Å². The Kier molecular flexibility index (Phi) is 6.83. The first-order chi connectivity index (χ1) is 17.4. The molecule has 2 aliphatic rings. The van der Waals surface area contributed by atoms with Gasteiger partial charge in [-0.05, 0) is 79.1 Å². The number of allylic oxidation sites excluding steroid dienone is 1. The smallest absolute Gasteiger partial charge is 0.150 e. The van der Waals surface area contributed by atoms with Crippen molar-refractivity contribution in [2.45, 2.75) is 19.4 Å². The minimum Gasteiger partial charge on any atom is -0.508 e. The summed E-state index contributed by atoms with van der Waals surface area (Å²) in [6.07, 6.45) is 0.341. The summed E-state index contributed by atoms with van der Waals surface area (Å²) in [6.45, 7) is 4.58. The monoisotopic (exact) mass is 493 g/mol. The van der Waals surface area contributed by atoms with Gasteiger partial charge < -0.3 is 19.7 Å². The number of fused-ring (bicyclic) bond motifs is 1. The zero-order chi connectivity index (χ0) is 25.2. The average molecular weight is 494 g/mol. The van der Waals surface area contributed by atoms with Crippen LogP contribution in [0.15, 0.2) is 60.7 Å². The molecule has 2 heterocycles. The maximum absolute atomic E-state index is 14.2. The van der Waals surface area contributed by atoms with Crippen LogP contribution in [0.3, 0.4) is 0 Å². The lowest BCUT2D eigenvalue weighted by Gasteiger charge is -2.31. The zero-order valence-electron chi connectivity index (χ0n) is 20.1. The van der Waals surface area contributed by atoms with Crippen LogP contribution in [0.5, 0.6) is 23.0 Å². The van der Waals surface area contributed by atoms with Crippen LogP contribution in [0.25, 0.3) is 11.1 Å². The van der Waals surface area contributed by atoms with Gasteiger partial charge in [-0.25, -0.2) is 4.39 Å². The van der Waals surface area contributed by atoms with Crippen molar-refractivity contribution in [2.24, 2.45) is 5.92 Å². The van der Waals surface area contributed by atoms with Gasteiger partial charge in [-0.2, -0.15) is 0 Å². The molecule has 1 saturated heterocycles. The SMILES string of the molecule is CC1=C(c2cc(O)cc(F)c2)C(c2ccc(OCCN3CC[C@@H](CF)C3)cc2)Oc2ccc(O)cc21. The second kappa shape index (κ2) is 10.2. The predicted octanol–water partition coefficient (Wildman–Crippen LogP) is 5.97. The Bertz CT molecular complexity index is 1250. The van der Waals surface area contributed by atoms with E-state index in [0.29, 0.717) is 34.8 Å². The summed E-state index contributed by atoms with van der Waals surface area (Å²) in [4.78, 5) is 2.22. The average Bonchev–Trinajstić information content (AvgIpc) is 3.32. The van der Waals surface area contributed by atoms with E-state index >= 15 is 0 Å². The molecule has 0 aliphatic carbocycles. The van der Waals surface area contributed by atoms with Crippen molar-refractivity contribution >= 4 is 11.1 Å². The molecule has 188 valence electrons. The van der Waals surface area contributed by atoms with Crippen molar-refractivity contribution in [1.82, 2.24) is 4.90 Å². The first-order valence-corrected chi connectivity index (χ1v) is 12.1. The highest BCUT2D eigenvalue weighted by Gasteiger charge is 2.30. The van der Waals surface area contributed by atoms with Crippen LogP contribution in [-0.2, 0) is 0 Å². The first kappa shape index (κ1) is 24.1. The number of ether oxygens (including phenoxy) is 2. The van der Waals surface area contributed by atoms with Gasteiger partial charge in [-0.1, -0.05) is 12.1 Å². The van der Waals surface area contributed by atoms with E-state index in [0.717, 1.165) is 43.3 Å². The molecule has 1 fully saturated rings. The maximum atomic E-state index is 14.2. The van der Waals surface area contributed by atoms with Crippen LogP contribution >= 0.6 is 0 Å². The molecule has 5 nitrogen and oxygen atoms in total. The summed E-state index contributed by atoms with van der Waals surface area (Å²) in [7, 11) is 0. The van der Waals surface area contributed by atoms with Crippen LogP contribution in [0.4, 0.5) is 8.78 Å². The molecule has 0 saturated carbocycles. The minimum atomic E-state index is -0.556. The predicted molar refractivity (Wildman–Crippen MR) is 134 cm³/mol. The summed E-state index contributed by atoms with van der Waals surface area (Å²) < 4.78 is 39.3. The van der Waals surface area contributed by atoms with Crippen LogP contribution in [0, 0.1) is 11.7 Å². The van der Waals surface area contributed by atoms with E-state index in [1.807, 2.05) is 31.2 Å². The lowest BCUT2D eigenvalue weighted by atomic mass is 9.86. The number of rotatable bonds is 7. The molecular weight excluding hydrogens is 464 g/mol. The molecule has 5 rings (SSSR count). The van der Waals surface area contributed by atoms with Crippen molar-refractivity contribution in [3.05, 3.63) is 83.2 Å². The number of phenols is 2. The topological polar surface area (TPSA) is 62.2 Å². The van der Waals surface area contributed by atoms with E-state index in [9.17, 15) is 19.0 Å². The van der Waals surface area contributed by atoms with Crippen molar-refractivity contribution in [2.75, 3.05) is 32.9 Å². The Balaban J connectivity index is 1.39. The van der Waals surface area contributed by atoms with E-state index in [2.05, 4.69) is 4.90 Å². The van der Waals surface area contributed by atoms with Crippen LogP contribution in [-0.4, -0.2) is 48.0 Å². The van der Waals surface area contributed by atoms with Gasteiger partial charge in [-0.15, -0.1) is 0 Å². The zero-order valence-corrected chi connectivity index (χ0v) is 20.1. The van der Waals surface area contributed by atoms with Gasteiger partial charge in [0.2, 0.25) is 0 Å². The largest absolute Gasteiger partial charge is 0.508 e. The van der Waals surface area contributed by atoms with E-state index in [-0.39, 0.29) is 24.1 Å². The highest BCUT2D eigenvalue weighted by molar-refractivity contribution is 5.95. The number of nitrogens with zero attached hydrogens (tertiary/aromatic N) is 1. The number of likely N-dealkylation sites (tertiary alicyclic amines) is 1. The molecular formula is C29H29F2NO4. The van der Waals surface area contributed by atoms with Crippen molar-refractivity contribution in [3.63, 3.8) is 0 Å². The van der Waals surface area contributed by atoms with Gasteiger partial charge in [0.25, 0.3) is 0 Å². The van der Waals surface area contributed by atoms with Crippen molar-refractivity contribution in [1.29, 1.82) is 0 Å². The molecule has 2 aliphatic heterocycles. The number of hydrogen-bond donors (Lipinski definition) is 2. The maximum Gasteiger partial charge on any atom is 0.150 e. The molecule has 0 radical (unpaired) electrons. The fourth-order valence-corrected chi connectivity index (χ4v) is 5.05. The Labute approximate surface area is 209 Å². The summed E-state index contributed by atoms with van der Waals surface area (Å²) in [5.41, 5.74) is 3.57. The lowest BCUT2D eigenvalue weighted by molar-refractivity contribution is 0.228. The molecule has 1 unspecified atom stereocenters. The molecule has 3 aromatic rings. The standard InChI is InChI=1S/C29H29F2NO4/c1-18-26-15-23(33)4-7-27(26)36-29(28(18)21-12-22(31)14-24(34)13-21)20-2-5-25(6-3-20)35-11-10-32-9-8-19(16-30)17-32/h2-7,12-15,19,29,33-34H,8-11,16-17H2,1H3/t19-,29?/m0/s1. The molecule has 2 N–H and O–H groups in total. The summed E-state index contributed by atoms with van der Waals surface area (Å²) in [5.74, 6) is 0.839. The summed E-state index contributed by atoms with van der Waals surface area (Å²) in [6, 6.07) is 16.4. The number of hydrogen-bond acceptors (Lipinski definition) is 5. The molecule has 2 atom stereocenters. The molecule has 36 heavy (non-hydrogen) atoms. The number of phenolic OH excluding ortho intramolecular Hbond substituents is 2. The van der Waals surface area contributed by atoms with Gasteiger partial charge in [0.05, 0.1) is 6.67 Å². The Morgan fingerprint density at radius 1 is 1.03 bits per heavy atom. The second-order valence-corrected chi connectivity index (χ2v) is 9.44. The Hall–Kier alpha value is -3.58. The first-order valence-electron chi connectivity index (χ1n) is 12.1. The van der Waals surface area contributed by atoms with E-state index in [4.69, 9.17) is 9.47 Å². The lowest BCUT2D eigenvalue weighted by Crippen LogP contribution is -2.26.